The summed E-state index contributed by atoms with van der Waals surface area (Å²) in [5, 5.41) is 13.1. The van der Waals surface area contributed by atoms with Crippen molar-refractivity contribution in [2.75, 3.05) is 27.0 Å². The Morgan fingerprint density at radius 1 is 1.10 bits per heavy atom. The summed E-state index contributed by atoms with van der Waals surface area (Å²) in [5.41, 5.74) is 0.589. The maximum absolute atomic E-state index is 12.0. The summed E-state index contributed by atoms with van der Waals surface area (Å²) in [6.07, 6.45) is 8.47. The van der Waals surface area contributed by atoms with Gasteiger partial charge < -0.3 is 19.2 Å². The van der Waals surface area contributed by atoms with Gasteiger partial charge in [0.15, 0.2) is 5.60 Å². The van der Waals surface area contributed by atoms with E-state index in [1.807, 2.05) is 56.6 Å². The number of ether oxygens (including phenoxy) is 1. The van der Waals surface area contributed by atoms with E-state index in [-0.39, 0.29) is 12.0 Å². The number of likely N-dealkylation sites (N-methyl/N-ethyl adjacent to an activating group) is 1. The van der Waals surface area contributed by atoms with Gasteiger partial charge in [-0.05, 0) is 50.2 Å². The van der Waals surface area contributed by atoms with Crippen LogP contribution in [0.2, 0.25) is 10.0 Å². The summed E-state index contributed by atoms with van der Waals surface area (Å²) >= 11 is 12.1. The lowest BCUT2D eigenvalue weighted by Gasteiger charge is -2.36. The molecule has 1 saturated carbocycles. The van der Waals surface area contributed by atoms with Crippen LogP contribution in [0.25, 0.3) is 0 Å². The fourth-order valence-corrected chi connectivity index (χ4v) is 5.21. The third kappa shape index (κ3) is 9.55. The van der Waals surface area contributed by atoms with Crippen molar-refractivity contribution < 1.29 is 27.2 Å². The van der Waals surface area contributed by atoms with E-state index in [4.69, 9.17) is 36.9 Å². The molecule has 1 aromatic heterocycles. The zero-order valence-electron chi connectivity index (χ0n) is 23.1. The van der Waals surface area contributed by atoms with Crippen molar-refractivity contribution in [1.29, 1.82) is 0 Å². The van der Waals surface area contributed by atoms with E-state index in [1.54, 1.807) is 12.3 Å². The normalized spacial score (nSPS) is 16.7. The largest absolute Gasteiger partial charge is 0.442 e. The predicted octanol–water partition coefficient (Wildman–Crippen LogP) is 5.99. The molecule has 0 aliphatic heterocycles. The molecule has 3 aromatic rings. The first-order chi connectivity index (χ1) is 18.9. The van der Waals surface area contributed by atoms with Crippen LogP contribution in [0.15, 0.2) is 59.1 Å². The second-order valence-corrected chi connectivity index (χ2v) is 12.7. The maximum Gasteiger partial charge on any atom is 0.261 e. The highest BCUT2D eigenvalue weighted by atomic mass is 35.5. The van der Waals surface area contributed by atoms with E-state index >= 15 is 0 Å². The van der Waals surface area contributed by atoms with Gasteiger partial charge >= 0.3 is 0 Å². The number of halogens is 2. The smallest absolute Gasteiger partial charge is 0.261 e. The Labute approximate surface area is 247 Å². The highest BCUT2D eigenvalue weighted by Gasteiger charge is 2.44. The van der Waals surface area contributed by atoms with Gasteiger partial charge in [-0.2, -0.15) is 8.42 Å². The van der Waals surface area contributed by atoms with E-state index in [0.717, 1.165) is 42.6 Å². The van der Waals surface area contributed by atoms with Gasteiger partial charge in [0.1, 0.15) is 5.76 Å². The molecule has 0 bridgehead atoms. The standard InChI is InChI=1S/C28H34Cl2N2O3.CH4O3S/c1-32(2)23(19-34-18-20-13-14-25(29)26(30)15-20)16-24-17-31-27(35-24)28(33,21-9-5-3-6-10-21)22-11-7-4-8-12-22;1-5(2,3)4/h3,5-6,9-10,13-15,17,22-23,33H,4,7-8,11-12,16,18-19H2,1-2H3;1H3,(H,2,3,4)/t23?,28-;/m0./s1. The maximum atomic E-state index is 12.0. The molecule has 0 radical (unpaired) electrons. The number of rotatable bonds is 10. The van der Waals surface area contributed by atoms with Gasteiger partial charge in [0.25, 0.3) is 10.1 Å². The van der Waals surface area contributed by atoms with Crippen LogP contribution in [-0.4, -0.2) is 61.0 Å². The zero-order chi connectivity index (χ0) is 29.3. The van der Waals surface area contributed by atoms with E-state index in [9.17, 15) is 13.5 Å². The molecular formula is C29H38Cl2N2O6S. The Kier molecular flexibility index (Phi) is 12.0. The van der Waals surface area contributed by atoms with Crippen LogP contribution in [0.5, 0.6) is 0 Å². The third-order valence-corrected chi connectivity index (χ3v) is 7.76. The number of oxazole rings is 1. The van der Waals surface area contributed by atoms with Crippen LogP contribution in [0.1, 0.15) is 54.9 Å². The second kappa shape index (κ2) is 14.8. The first-order valence-electron chi connectivity index (χ1n) is 13.2. The van der Waals surface area contributed by atoms with Crippen molar-refractivity contribution in [2.24, 2.45) is 5.92 Å². The van der Waals surface area contributed by atoms with Crippen molar-refractivity contribution >= 4 is 33.3 Å². The third-order valence-electron chi connectivity index (χ3n) is 7.02. The average molecular weight is 614 g/mol. The van der Waals surface area contributed by atoms with Crippen molar-refractivity contribution in [1.82, 2.24) is 9.88 Å². The van der Waals surface area contributed by atoms with E-state index in [1.165, 1.54) is 6.42 Å². The topological polar surface area (TPSA) is 113 Å². The van der Waals surface area contributed by atoms with Gasteiger partial charge in [0.2, 0.25) is 5.89 Å². The Balaban J connectivity index is 0.000000810. The molecule has 1 aliphatic carbocycles. The lowest BCUT2D eigenvalue weighted by Crippen LogP contribution is -2.38. The average Bonchev–Trinajstić information content (AvgIpc) is 3.39. The van der Waals surface area contributed by atoms with E-state index < -0.39 is 15.7 Å². The number of hydrogen-bond donors (Lipinski definition) is 2. The van der Waals surface area contributed by atoms with Crippen molar-refractivity contribution in [2.45, 2.75) is 56.8 Å². The Morgan fingerprint density at radius 2 is 1.75 bits per heavy atom. The van der Waals surface area contributed by atoms with Crippen LogP contribution < -0.4 is 0 Å². The molecule has 0 saturated heterocycles. The Hall–Kier alpha value is -1.98. The quantitative estimate of drug-likeness (QED) is 0.268. The Morgan fingerprint density at radius 3 is 2.35 bits per heavy atom. The Bertz CT molecular complexity index is 1310. The van der Waals surface area contributed by atoms with E-state index in [0.29, 0.717) is 41.8 Å². The highest BCUT2D eigenvalue weighted by Crippen LogP contribution is 2.43. The number of aromatic nitrogens is 1. The summed E-state index contributed by atoms with van der Waals surface area (Å²) in [5.74, 6) is 1.21. The minimum atomic E-state index is -3.67. The van der Waals surface area contributed by atoms with Gasteiger partial charge in [-0.25, -0.2) is 4.98 Å². The van der Waals surface area contributed by atoms with Crippen molar-refractivity contribution in [3.63, 3.8) is 0 Å². The first kappa shape index (κ1) is 32.5. The first-order valence-corrected chi connectivity index (χ1v) is 15.8. The van der Waals surface area contributed by atoms with Crippen LogP contribution in [0.4, 0.5) is 0 Å². The summed E-state index contributed by atoms with van der Waals surface area (Å²) in [4.78, 5) is 6.71. The SMILES string of the molecule is CN(C)C(COCc1ccc(Cl)c(Cl)c1)Cc1cnc([C@](O)(c2ccccc2)C2CCCCC2)o1.CS(=O)(=O)O. The molecule has 1 fully saturated rings. The molecule has 1 unspecified atom stereocenters. The van der Waals surface area contributed by atoms with Gasteiger partial charge in [-0.15, -0.1) is 0 Å². The number of aliphatic hydroxyl groups is 1. The molecule has 2 N–H and O–H groups in total. The number of benzene rings is 2. The monoisotopic (exact) mass is 612 g/mol. The molecule has 1 aliphatic rings. The summed E-state index contributed by atoms with van der Waals surface area (Å²) < 4.78 is 38.1. The summed E-state index contributed by atoms with van der Waals surface area (Å²) in [6.45, 7) is 0.952. The minimum Gasteiger partial charge on any atom is -0.442 e. The summed E-state index contributed by atoms with van der Waals surface area (Å²) in [6, 6.07) is 15.4. The lowest BCUT2D eigenvalue weighted by atomic mass is 9.73. The van der Waals surface area contributed by atoms with Gasteiger partial charge in [0, 0.05) is 18.4 Å². The summed E-state index contributed by atoms with van der Waals surface area (Å²) in [7, 11) is 0.375. The van der Waals surface area contributed by atoms with Gasteiger partial charge in [-0.1, -0.05) is 78.9 Å². The molecule has 0 amide bonds. The number of hydrogen-bond acceptors (Lipinski definition) is 7. The van der Waals surface area contributed by atoms with Crippen LogP contribution in [0.3, 0.4) is 0 Å². The minimum absolute atomic E-state index is 0.0815. The molecule has 2 atom stereocenters. The van der Waals surface area contributed by atoms with Crippen LogP contribution in [0, 0.1) is 5.92 Å². The highest BCUT2D eigenvalue weighted by molar-refractivity contribution is 7.85. The second-order valence-electron chi connectivity index (χ2n) is 10.4. The zero-order valence-corrected chi connectivity index (χ0v) is 25.4. The van der Waals surface area contributed by atoms with E-state index in [2.05, 4.69) is 9.88 Å². The molecule has 4 rings (SSSR count). The van der Waals surface area contributed by atoms with Gasteiger partial charge in [-0.3, -0.25) is 4.55 Å². The molecular weight excluding hydrogens is 575 g/mol. The molecule has 2 aromatic carbocycles. The molecule has 1 heterocycles. The molecule has 40 heavy (non-hydrogen) atoms. The predicted molar refractivity (Wildman–Crippen MR) is 157 cm³/mol. The molecule has 11 heteroatoms. The fraction of sp³-hybridized carbons (Fsp3) is 0.483. The molecule has 8 nitrogen and oxygen atoms in total. The number of nitrogens with zero attached hydrogens (tertiary/aromatic N) is 2. The molecule has 220 valence electrons. The molecule has 0 spiro atoms. The van der Waals surface area contributed by atoms with Gasteiger partial charge in [0.05, 0.1) is 35.7 Å². The lowest BCUT2D eigenvalue weighted by molar-refractivity contribution is -0.0242. The fourth-order valence-electron chi connectivity index (χ4n) is 4.89. The van der Waals surface area contributed by atoms with Crippen molar-refractivity contribution in [3.8, 4) is 0 Å². The van der Waals surface area contributed by atoms with Crippen LogP contribution >= 0.6 is 23.2 Å². The van der Waals surface area contributed by atoms with Crippen LogP contribution in [-0.2, 0) is 33.5 Å². The van der Waals surface area contributed by atoms with Crippen molar-refractivity contribution in [3.05, 3.63) is 87.6 Å².